The first-order chi connectivity index (χ1) is 9.31. The molecule has 0 radical (unpaired) electrons. The summed E-state index contributed by atoms with van der Waals surface area (Å²) in [5.74, 6) is 0.817. The quantitative estimate of drug-likeness (QED) is 0.915. The minimum Gasteiger partial charge on any atom is -0.348 e. The Morgan fingerprint density at radius 3 is 2.95 bits per heavy atom. The fourth-order valence-corrected chi connectivity index (χ4v) is 4.16. The van der Waals surface area contributed by atoms with Crippen molar-refractivity contribution in [1.29, 1.82) is 0 Å². The first-order valence-electron chi connectivity index (χ1n) is 7.74. The Morgan fingerprint density at radius 2 is 2.16 bits per heavy atom. The van der Waals surface area contributed by atoms with Gasteiger partial charge in [0.15, 0.2) is 5.13 Å². The van der Waals surface area contributed by atoms with E-state index in [0.29, 0.717) is 0 Å². The predicted octanol–water partition coefficient (Wildman–Crippen LogP) is 3.41. The van der Waals surface area contributed by atoms with Gasteiger partial charge in [-0.25, -0.2) is 4.98 Å². The van der Waals surface area contributed by atoms with E-state index < -0.39 is 0 Å². The van der Waals surface area contributed by atoms with Gasteiger partial charge in [-0.05, 0) is 31.6 Å². The van der Waals surface area contributed by atoms with Gasteiger partial charge in [-0.2, -0.15) is 0 Å². The summed E-state index contributed by atoms with van der Waals surface area (Å²) < 4.78 is 0. The van der Waals surface area contributed by atoms with Crippen molar-refractivity contribution in [2.24, 2.45) is 5.92 Å². The summed E-state index contributed by atoms with van der Waals surface area (Å²) in [6, 6.07) is 0.751. The topological polar surface area (TPSA) is 28.2 Å². The lowest BCUT2D eigenvalue weighted by Crippen LogP contribution is -2.34. The van der Waals surface area contributed by atoms with Crippen LogP contribution in [0.4, 0.5) is 5.13 Å². The van der Waals surface area contributed by atoms with Crippen LogP contribution in [0.2, 0.25) is 0 Å². The van der Waals surface area contributed by atoms with Crippen molar-refractivity contribution < 1.29 is 0 Å². The highest BCUT2D eigenvalue weighted by Crippen LogP contribution is 2.27. The molecule has 0 spiro atoms. The van der Waals surface area contributed by atoms with E-state index in [0.717, 1.165) is 18.5 Å². The van der Waals surface area contributed by atoms with E-state index >= 15 is 0 Å². The van der Waals surface area contributed by atoms with Gasteiger partial charge in [0.1, 0.15) is 0 Å². The third-order valence-electron chi connectivity index (χ3n) is 4.39. The second-order valence-corrected chi connectivity index (χ2v) is 7.26. The van der Waals surface area contributed by atoms with E-state index in [4.69, 9.17) is 0 Å². The lowest BCUT2D eigenvalue weighted by atomic mass is 10.0. The monoisotopic (exact) mass is 279 g/mol. The van der Waals surface area contributed by atoms with Crippen molar-refractivity contribution in [1.82, 2.24) is 10.3 Å². The molecule has 3 rings (SSSR count). The van der Waals surface area contributed by atoms with Crippen LogP contribution in [0.5, 0.6) is 0 Å². The van der Waals surface area contributed by atoms with E-state index in [2.05, 4.69) is 28.3 Å². The van der Waals surface area contributed by atoms with Crippen LogP contribution in [0.25, 0.3) is 0 Å². The van der Waals surface area contributed by atoms with Crippen molar-refractivity contribution in [3.8, 4) is 0 Å². The van der Waals surface area contributed by atoms with Gasteiger partial charge in [0.2, 0.25) is 0 Å². The third-order valence-corrected chi connectivity index (χ3v) is 5.45. The fourth-order valence-electron chi connectivity index (χ4n) is 3.26. The Hall–Kier alpha value is -0.610. The number of hydrogen-bond donors (Lipinski definition) is 1. The van der Waals surface area contributed by atoms with Crippen molar-refractivity contribution in [3.05, 3.63) is 11.1 Å². The smallest absolute Gasteiger partial charge is 0.185 e. The van der Waals surface area contributed by atoms with Crippen LogP contribution in [0.3, 0.4) is 0 Å². The molecular formula is C15H25N3S. The van der Waals surface area contributed by atoms with Crippen LogP contribution in [0, 0.1) is 5.92 Å². The van der Waals surface area contributed by atoms with Crippen molar-refractivity contribution in [2.45, 2.75) is 58.0 Å². The number of aromatic nitrogens is 1. The number of anilines is 1. The molecule has 1 atom stereocenters. The second kappa shape index (κ2) is 6.23. The van der Waals surface area contributed by atoms with E-state index in [1.54, 1.807) is 0 Å². The van der Waals surface area contributed by atoms with Gasteiger partial charge in [-0.3, -0.25) is 0 Å². The second-order valence-electron chi connectivity index (χ2n) is 6.16. The molecule has 1 saturated carbocycles. The molecule has 106 valence electrons. The molecule has 1 aliphatic heterocycles. The van der Waals surface area contributed by atoms with Crippen molar-refractivity contribution >= 4 is 16.5 Å². The highest BCUT2D eigenvalue weighted by Gasteiger charge is 2.19. The van der Waals surface area contributed by atoms with Crippen LogP contribution in [0.1, 0.15) is 50.3 Å². The average Bonchev–Trinajstić information content (AvgIpc) is 3.08. The minimum atomic E-state index is 0.751. The molecule has 0 bridgehead atoms. The zero-order chi connectivity index (χ0) is 13.1. The number of nitrogens with zero attached hydrogens (tertiary/aromatic N) is 2. The summed E-state index contributed by atoms with van der Waals surface area (Å²) in [7, 11) is 0. The molecule has 2 aliphatic rings. The summed E-state index contributed by atoms with van der Waals surface area (Å²) in [5.41, 5.74) is 0. The lowest BCUT2D eigenvalue weighted by molar-refractivity contribution is 0.446. The number of piperidine rings is 1. The Morgan fingerprint density at radius 1 is 1.32 bits per heavy atom. The van der Waals surface area contributed by atoms with E-state index in [1.165, 1.54) is 61.6 Å². The largest absolute Gasteiger partial charge is 0.348 e. The maximum absolute atomic E-state index is 4.62. The molecule has 1 N–H and O–H groups in total. The number of hydrogen-bond acceptors (Lipinski definition) is 4. The molecular weight excluding hydrogens is 254 g/mol. The van der Waals surface area contributed by atoms with Crippen molar-refractivity contribution in [3.63, 3.8) is 0 Å². The molecule has 3 nitrogen and oxygen atoms in total. The lowest BCUT2D eigenvalue weighted by Gasteiger charge is -2.30. The zero-order valence-electron chi connectivity index (χ0n) is 11.9. The molecule has 1 saturated heterocycles. The molecule has 2 heterocycles. The predicted molar refractivity (Wildman–Crippen MR) is 81.8 cm³/mol. The molecule has 1 aromatic heterocycles. The van der Waals surface area contributed by atoms with Gasteiger partial charge in [-0.15, -0.1) is 11.3 Å². The highest BCUT2D eigenvalue weighted by molar-refractivity contribution is 7.15. The molecule has 1 aromatic rings. The minimum absolute atomic E-state index is 0.751. The maximum atomic E-state index is 4.62. The van der Waals surface area contributed by atoms with Gasteiger partial charge in [0, 0.05) is 36.8 Å². The standard InChI is InChI=1S/C15H25N3S/c1-12-5-4-8-18(11-12)15-17-10-14(19-15)9-16-13-6-2-3-7-13/h10,12-13,16H,2-9,11H2,1H3. The van der Waals surface area contributed by atoms with E-state index in [9.17, 15) is 0 Å². The van der Waals surface area contributed by atoms with Gasteiger partial charge >= 0.3 is 0 Å². The third kappa shape index (κ3) is 3.48. The average molecular weight is 279 g/mol. The Labute approximate surface area is 120 Å². The summed E-state index contributed by atoms with van der Waals surface area (Å²) in [4.78, 5) is 8.48. The summed E-state index contributed by atoms with van der Waals surface area (Å²) in [6.45, 7) is 5.73. The molecule has 1 aliphatic carbocycles. The number of nitrogens with one attached hydrogen (secondary N) is 1. The Kier molecular flexibility index (Phi) is 4.38. The molecule has 2 fully saturated rings. The van der Waals surface area contributed by atoms with Crippen molar-refractivity contribution in [2.75, 3.05) is 18.0 Å². The van der Waals surface area contributed by atoms with Crippen LogP contribution < -0.4 is 10.2 Å². The molecule has 4 heteroatoms. The number of rotatable bonds is 4. The SMILES string of the molecule is CC1CCCN(c2ncc(CNC3CCCC3)s2)C1. The van der Waals surface area contributed by atoms with Crippen LogP contribution >= 0.6 is 11.3 Å². The normalized spacial score (nSPS) is 25.1. The summed E-state index contributed by atoms with van der Waals surface area (Å²) in [6.07, 6.45) is 10.3. The molecule has 0 amide bonds. The first kappa shape index (κ1) is 13.4. The van der Waals surface area contributed by atoms with Crippen LogP contribution in [-0.4, -0.2) is 24.1 Å². The van der Waals surface area contributed by atoms with Crippen LogP contribution in [0.15, 0.2) is 6.20 Å². The molecule has 0 aromatic carbocycles. The number of thiazole rings is 1. The first-order valence-corrected chi connectivity index (χ1v) is 8.56. The molecule has 1 unspecified atom stereocenters. The fraction of sp³-hybridized carbons (Fsp3) is 0.800. The van der Waals surface area contributed by atoms with Crippen LogP contribution in [-0.2, 0) is 6.54 Å². The van der Waals surface area contributed by atoms with E-state index in [-0.39, 0.29) is 0 Å². The van der Waals surface area contributed by atoms with Gasteiger partial charge < -0.3 is 10.2 Å². The van der Waals surface area contributed by atoms with Gasteiger partial charge in [0.05, 0.1) is 0 Å². The van der Waals surface area contributed by atoms with Gasteiger partial charge in [0.25, 0.3) is 0 Å². The zero-order valence-corrected chi connectivity index (χ0v) is 12.7. The Balaban J connectivity index is 1.53. The van der Waals surface area contributed by atoms with E-state index in [1.807, 2.05) is 11.3 Å². The molecule has 19 heavy (non-hydrogen) atoms. The summed E-state index contributed by atoms with van der Waals surface area (Å²) >= 11 is 1.88. The maximum Gasteiger partial charge on any atom is 0.185 e. The summed E-state index contributed by atoms with van der Waals surface area (Å²) in [5, 5.41) is 4.91. The highest BCUT2D eigenvalue weighted by atomic mass is 32.1. The Bertz CT molecular complexity index is 398. The van der Waals surface area contributed by atoms with Gasteiger partial charge in [-0.1, -0.05) is 19.8 Å².